The third kappa shape index (κ3) is 4.77. The Hall–Kier alpha value is -3.33. The zero-order chi connectivity index (χ0) is 23.9. The molecule has 0 aliphatic heterocycles. The van der Waals surface area contributed by atoms with E-state index in [0.717, 1.165) is 33.7 Å². The first-order chi connectivity index (χ1) is 14.7. The third-order valence-corrected chi connectivity index (χ3v) is 6.20. The van der Waals surface area contributed by atoms with Crippen molar-refractivity contribution in [1.29, 1.82) is 0 Å². The van der Waals surface area contributed by atoms with E-state index in [9.17, 15) is 39.9 Å². The highest BCUT2D eigenvalue weighted by molar-refractivity contribution is 7.92. The highest BCUT2D eigenvalue weighted by atomic mass is 32.2. The number of sulfone groups is 1. The first kappa shape index (κ1) is 23.3. The Bertz CT molecular complexity index is 1430. The molecule has 0 aliphatic carbocycles. The topological polar surface area (TPSA) is 140 Å². The summed E-state index contributed by atoms with van der Waals surface area (Å²) in [6, 6.07) is 6.12. The summed E-state index contributed by atoms with van der Waals surface area (Å²) in [5.74, 6) is -0.534. The second-order valence-electron chi connectivity index (χ2n) is 6.60. The van der Waals surface area contributed by atoms with Crippen LogP contribution in [0.2, 0.25) is 0 Å². The van der Waals surface area contributed by atoms with Crippen LogP contribution in [0.3, 0.4) is 0 Å². The number of aromatic hydroxyl groups is 1. The highest BCUT2D eigenvalue weighted by Crippen LogP contribution is 2.30. The summed E-state index contributed by atoms with van der Waals surface area (Å²) in [6.07, 6.45) is 3.31. The van der Waals surface area contributed by atoms with Crippen molar-refractivity contribution in [1.82, 2.24) is 14.1 Å². The fraction of sp³-hybridized carbons (Fsp3) is 0.176. The molecule has 0 unspecified atom stereocenters. The van der Waals surface area contributed by atoms with Gasteiger partial charge >= 0.3 is 11.2 Å². The molecule has 10 nitrogen and oxygen atoms in total. The van der Waals surface area contributed by atoms with Crippen molar-refractivity contribution in [3.8, 4) is 11.6 Å². The van der Waals surface area contributed by atoms with Gasteiger partial charge in [-0.25, -0.2) is 31.2 Å². The Balaban J connectivity index is 1.92. The lowest BCUT2D eigenvalue weighted by atomic mass is 10.2. The molecule has 2 heterocycles. The fourth-order valence-corrected chi connectivity index (χ4v) is 4.01. The SMILES string of the molecule is CS(=O)(=O)Nc1cc(Cn2cc(O)n(-c3ccc(S(=O)(=O)C(F)(F)F)cc3)c2=O)ccn1. The van der Waals surface area contributed by atoms with Gasteiger partial charge in [0.05, 0.1) is 29.6 Å². The summed E-state index contributed by atoms with van der Waals surface area (Å²) in [5.41, 5.74) is -5.87. The lowest BCUT2D eigenvalue weighted by molar-refractivity contribution is -0.0436. The molecule has 0 saturated carbocycles. The predicted molar refractivity (Wildman–Crippen MR) is 107 cm³/mol. The number of sulfonamides is 1. The largest absolute Gasteiger partial charge is 0.501 e. The summed E-state index contributed by atoms with van der Waals surface area (Å²) in [5, 5.41) is 10.1. The van der Waals surface area contributed by atoms with Crippen LogP contribution in [-0.2, 0) is 26.4 Å². The molecule has 1 aromatic carbocycles. The maximum atomic E-state index is 12.7. The van der Waals surface area contributed by atoms with E-state index < -0.39 is 41.8 Å². The summed E-state index contributed by atoms with van der Waals surface area (Å²) in [7, 11) is -9.13. The van der Waals surface area contributed by atoms with Gasteiger partial charge in [0.1, 0.15) is 5.82 Å². The molecule has 2 N–H and O–H groups in total. The number of pyridine rings is 1. The Morgan fingerprint density at radius 3 is 2.28 bits per heavy atom. The van der Waals surface area contributed by atoms with Crippen LogP contribution in [0.25, 0.3) is 5.69 Å². The Kier molecular flexibility index (Phi) is 5.82. The average molecular weight is 492 g/mol. The molecule has 172 valence electrons. The number of halogens is 3. The van der Waals surface area contributed by atoms with E-state index in [0.29, 0.717) is 17.7 Å². The van der Waals surface area contributed by atoms with Gasteiger partial charge in [0.25, 0.3) is 9.84 Å². The van der Waals surface area contributed by atoms with Gasteiger partial charge in [-0.15, -0.1) is 0 Å². The normalized spacial score (nSPS) is 12.6. The van der Waals surface area contributed by atoms with Crippen LogP contribution in [0.5, 0.6) is 5.88 Å². The van der Waals surface area contributed by atoms with Crippen molar-refractivity contribution >= 4 is 25.7 Å². The number of alkyl halides is 3. The monoisotopic (exact) mass is 492 g/mol. The minimum Gasteiger partial charge on any atom is -0.493 e. The maximum absolute atomic E-state index is 12.7. The standard InChI is InChI=1S/C17H15F3N4O6S2/c1-31(27,28)22-14-8-11(6-7-21-14)9-23-10-15(25)24(16(23)26)12-2-4-13(5-3-12)32(29,30)17(18,19)20/h2-8,10,25H,9H2,1H3,(H,21,22). The van der Waals surface area contributed by atoms with Crippen LogP contribution in [0, 0.1) is 0 Å². The minimum atomic E-state index is -5.56. The van der Waals surface area contributed by atoms with E-state index in [1.54, 1.807) is 0 Å². The van der Waals surface area contributed by atoms with E-state index in [-0.39, 0.29) is 18.1 Å². The van der Waals surface area contributed by atoms with Gasteiger partial charge in [-0.1, -0.05) is 0 Å². The number of hydrogen-bond donors (Lipinski definition) is 2. The summed E-state index contributed by atoms with van der Waals surface area (Å²) < 4.78 is 87.6. The Morgan fingerprint density at radius 2 is 1.72 bits per heavy atom. The van der Waals surface area contributed by atoms with Crippen molar-refractivity contribution in [2.24, 2.45) is 0 Å². The Labute approximate surface area is 179 Å². The van der Waals surface area contributed by atoms with Gasteiger partial charge in [-0.2, -0.15) is 13.2 Å². The van der Waals surface area contributed by atoms with Crippen LogP contribution >= 0.6 is 0 Å². The summed E-state index contributed by atoms with van der Waals surface area (Å²) in [4.78, 5) is 15.5. The molecule has 0 atom stereocenters. The molecule has 0 aliphatic rings. The van der Waals surface area contributed by atoms with E-state index in [1.807, 2.05) is 0 Å². The van der Waals surface area contributed by atoms with Crippen molar-refractivity contribution < 1.29 is 35.1 Å². The van der Waals surface area contributed by atoms with Crippen molar-refractivity contribution in [2.45, 2.75) is 16.9 Å². The van der Waals surface area contributed by atoms with Gasteiger partial charge in [0, 0.05) is 6.20 Å². The highest BCUT2D eigenvalue weighted by Gasteiger charge is 2.46. The van der Waals surface area contributed by atoms with Crippen LogP contribution in [0.15, 0.2) is 58.5 Å². The van der Waals surface area contributed by atoms with E-state index >= 15 is 0 Å². The number of imidazole rings is 1. The van der Waals surface area contributed by atoms with Gasteiger partial charge in [-0.05, 0) is 42.0 Å². The zero-order valence-corrected chi connectivity index (χ0v) is 17.7. The molecule has 0 amide bonds. The van der Waals surface area contributed by atoms with Crippen LogP contribution < -0.4 is 10.4 Å². The molecule has 0 saturated heterocycles. The molecule has 15 heteroatoms. The van der Waals surface area contributed by atoms with E-state index in [2.05, 4.69) is 9.71 Å². The number of rotatable bonds is 6. The van der Waals surface area contributed by atoms with Gasteiger partial charge in [-0.3, -0.25) is 9.29 Å². The number of aromatic nitrogens is 3. The van der Waals surface area contributed by atoms with Crippen LogP contribution in [-0.4, -0.2) is 47.8 Å². The van der Waals surface area contributed by atoms with Crippen molar-refractivity contribution in [3.05, 3.63) is 64.8 Å². The number of anilines is 1. The lowest BCUT2D eigenvalue weighted by Gasteiger charge is -2.09. The molecule has 0 radical (unpaired) electrons. The van der Waals surface area contributed by atoms with E-state index in [4.69, 9.17) is 0 Å². The number of nitrogens with zero attached hydrogens (tertiary/aromatic N) is 3. The van der Waals surface area contributed by atoms with Crippen LogP contribution in [0.4, 0.5) is 19.0 Å². The van der Waals surface area contributed by atoms with Crippen molar-refractivity contribution in [3.63, 3.8) is 0 Å². The number of nitrogens with one attached hydrogen (secondary N) is 1. The molecule has 2 aromatic heterocycles. The average Bonchev–Trinajstić information content (AvgIpc) is 2.93. The first-order valence-electron chi connectivity index (χ1n) is 8.55. The second-order valence-corrected chi connectivity index (χ2v) is 10.3. The minimum absolute atomic E-state index is 0.0168. The van der Waals surface area contributed by atoms with Gasteiger partial charge < -0.3 is 5.11 Å². The molecular weight excluding hydrogens is 477 g/mol. The zero-order valence-electron chi connectivity index (χ0n) is 16.1. The molecule has 0 bridgehead atoms. The number of hydrogen-bond acceptors (Lipinski definition) is 7. The predicted octanol–water partition coefficient (Wildman–Crippen LogP) is 1.45. The summed E-state index contributed by atoms with van der Waals surface area (Å²) in [6.45, 7) is -0.0963. The molecule has 3 rings (SSSR count). The molecule has 32 heavy (non-hydrogen) atoms. The molecule has 3 aromatic rings. The maximum Gasteiger partial charge on any atom is 0.501 e. The third-order valence-electron chi connectivity index (χ3n) is 4.11. The van der Waals surface area contributed by atoms with Gasteiger partial charge in [0.15, 0.2) is 0 Å². The molecule has 0 fully saturated rings. The fourth-order valence-electron chi connectivity index (χ4n) is 2.76. The molecular formula is C17H15F3N4O6S2. The number of benzene rings is 1. The first-order valence-corrected chi connectivity index (χ1v) is 11.9. The summed E-state index contributed by atoms with van der Waals surface area (Å²) >= 11 is 0. The Morgan fingerprint density at radius 1 is 1.09 bits per heavy atom. The van der Waals surface area contributed by atoms with Gasteiger partial charge in [0.2, 0.25) is 15.9 Å². The quantitative estimate of drug-likeness (QED) is 0.531. The van der Waals surface area contributed by atoms with Crippen molar-refractivity contribution in [2.75, 3.05) is 11.0 Å². The smallest absolute Gasteiger partial charge is 0.493 e. The molecule has 0 spiro atoms. The second kappa shape index (κ2) is 7.98. The van der Waals surface area contributed by atoms with Crippen LogP contribution in [0.1, 0.15) is 5.56 Å². The lowest BCUT2D eigenvalue weighted by Crippen LogP contribution is -2.24. The van der Waals surface area contributed by atoms with E-state index in [1.165, 1.54) is 18.3 Å².